The monoisotopic (exact) mass is 315 g/mol. The van der Waals surface area contributed by atoms with Crippen molar-refractivity contribution in [3.8, 4) is 0 Å². The second kappa shape index (κ2) is 5.85. The first-order chi connectivity index (χ1) is 11.8. The molecule has 0 spiro atoms. The van der Waals surface area contributed by atoms with Crippen LogP contribution in [0.2, 0.25) is 0 Å². The van der Waals surface area contributed by atoms with Crippen LogP contribution >= 0.6 is 0 Å². The third-order valence-corrected chi connectivity index (χ3v) is 4.46. The van der Waals surface area contributed by atoms with Gasteiger partial charge in [0.25, 0.3) is 0 Å². The van der Waals surface area contributed by atoms with E-state index in [-0.39, 0.29) is 6.04 Å². The summed E-state index contributed by atoms with van der Waals surface area (Å²) in [6.45, 7) is 0. The van der Waals surface area contributed by atoms with Gasteiger partial charge >= 0.3 is 6.09 Å². The Bertz CT molecular complexity index is 792. The van der Waals surface area contributed by atoms with Gasteiger partial charge in [-0.2, -0.15) is 0 Å². The summed E-state index contributed by atoms with van der Waals surface area (Å²) in [4.78, 5) is 12.3. The number of nitrogens with one attached hydrogen (secondary N) is 1. The van der Waals surface area contributed by atoms with Gasteiger partial charge in [-0.05, 0) is 5.56 Å². The molecule has 1 amide bonds. The number of ether oxygens (including phenoxy) is 1. The molecule has 1 N–H and O–H groups in total. The van der Waals surface area contributed by atoms with Crippen molar-refractivity contribution in [2.45, 2.75) is 11.6 Å². The molecule has 1 atom stereocenters. The van der Waals surface area contributed by atoms with Crippen molar-refractivity contribution in [3.63, 3.8) is 0 Å². The maximum Gasteiger partial charge on any atom is 0.409 e. The van der Waals surface area contributed by atoms with E-state index in [1.165, 1.54) is 0 Å². The van der Waals surface area contributed by atoms with Crippen molar-refractivity contribution in [1.82, 2.24) is 5.32 Å². The fourth-order valence-corrected chi connectivity index (χ4v) is 3.41. The van der Waals surface area contributed by atoms with E-state index >= 15 is 0 Å². The number of hydrogen-bond acceptors (Lipinski definition) is 2. The van der Waals surface area contributed by atoms with Crippen molar-refractivity contribution in [2.75, 3.05) is 0 Å². The maximum absolute atomic E-state index is 12.3. The van der Waals surface area contributed by atoms with E-state index in [2.05, 4.69) is 5.32 Å². The van der Waals surface area contributed by atoms with Crippen LogP contribution < -0.4 is 5.32 Å². The smallest absolute Gasteiger partial charge is 0.409 e. The largest absolute Gasteiger partial charge is 0.430 e. The molecule has 3 aromatic rings. The molecule has 0 bridgehead atoms. The maximum atomic E-state index is 12.3. The third kappa shape index (κ3) is 2.26. The van der Waals surface area contributed by atoms with Gasteiger partial charge in [0.05, 0.1) is 0 Å². The molecule has 1 unspecified atom stereocenters. The first kappa shape index (κ1) is 14.5. The first-order valence-electron chi connectivity index (χ1n) is 7.96. The Kier molecular flexibility index (Phi) is 3.54. The van der Waals surface area contributed by atoms with E-state index in [1.807, 2.05) is 91.0 Å². The highest BCUT2D eigenvalue weighted by atomic mass is 16.6. The first-order valence-corrected chi connectivity index (χ1v) is 7.96. The van der Waals surface area contributed by atoms with E-state index < -0.39 is 11.7 Å². The molecule has 1 saturated heterocycles. The van der Waals surface area contributed by atoms with Crippen LogP contribution in [0.15, 0.2) is 91.0 Å². The summed E-state index contributed by atoms with van der Waals surface area (Å²) in [6, 6.07) is 29.4. The SMILES string of the molecule is O=C1NC(c2ccccc2)C(c2ccccc2)(c2ccccc2)O1. The molecule has 3 heteroatoms. The van der Waals surface area contributed by atoms with E-state index in [4.69, 9.17) is 4.74 Å². The molecule has 0 aliphatic carbocycles. The highest BCUT2D eigenvalue weighted by Crippen LogP contribution is 2.47. The lowest BCUT2D eigenvalue weighted by molar-refractivity contribution is 0.0682. The lowest BCUT2D eigenvalue weighted by atomic mass is 9.78. The fourth-order valence-electron chi connectivity index (χ4n) is 3.41. The Morgan fingerprint density at radius 1 is 0.708 bits per heavy atom. The molecule has 3 nitrogen and oxygen atoms in total. The topological polar surface area (TPSA) is 38.3 Å². The molecule has 4 rings (SSSR count). The molecule has 0 aromatic heterocycles. The van der Waals surface area contributed by atoms with Crippen LogP contribution in [0.4, 0.5) is 4.79 Å². The number of cyclic esters (lactones) is 1. The molecule has 24 heavy (non-hydrogen) atoms. The van der Waals surface area contributed by atoms with Crippen molar-refractivity contribution in [2.24, 2.45) is 0 Å². The second-order valence-electron chi connectivity index (χ2n) is 5.85. The molecule has 118 valence electrons. The van der Waals surface area contributed by atoms with Gasteiger partial charge in [0.15, 0.2) is 5.60 Å². The number of carbonyl (C=O) groups excluding carboxylic acids is 1. The molecule has 0 saturated carbocycles. The highest BCUT2D eigenvalue weighted by molar-refractivity contribution is 5.74. The van der Waals surface area contributed by atoms with Gasteiger partial charge in [-0.25, -0.2) is 4.79 Å². The predicted octanol–water partition coefficient (Wildman–Crippen LogP) is 4.41. The van der Waals surface area contributed by atoms with Gasteiger partial charge in [-0.15, -0.1) is 0 Å². The predicted molar refractivity (Wildman–Crippen MR) is 92.5 cm³/mol. The number of amides is 1. The summed E-state index contributed by atoms with van der Waals surface area (Å²) in [5, 5.41) is 3.00. The van der Waals surface area contributed by atoms with Gasteiger partial charge in [0.1, 0.15) is 6.04 Å². The van der Waals surface area contributed by atoms with Crippen molar-refractivity contribution < 1.29 is 9.53 Å². The Morgan fingerprint density at radius 2 is 1.17 bits per heavy atom. The zero-order valence-electron chi connectivity index (χ0n) is 13.1. The summed E-state index contributed by atoms with van der Waals surface area (Å²) in [6.07, 6.45) is -0.406. The summed E-state index contributed by atoms with van der Waals surface area (Å²) in [5.41, 5.74) is 2.02. The molecule has 1 fully saturated rings. The standard InChI is InChI=1S/C21H17NO2/c23-20-22-19(16-10-4-1-5-11-16)21(24-20,17-12-6-2-7-13-17)18-14-8-3-9-15-18/h1-15,19H,(H,22,23). The Balaban J connectivity index is 1.97. The molecule has 0 radical (unpaired) electrons. The van der Waals surface area contributed by atoms with E-state index in [0.717, 1.165) is 16.7 Å². The van der Waals surface area contributed by atoms with Crippen LogP contribution in [0.5, 0.6) is 0 Å². The lowest BCUT2D eigenvalue weighted by Gasteiger charge is -2.33. The lowest BCUT2D eigenvalue weighted by Crippen LogP contribution is -2.35. The van der Waals surface area contributed by atoms with Crippen LogP contribution in [0, 0.1) is 0 Å². The van der Waals surface area contributed by atoms with E-state index in [9.17, 15) is 4.79 Å². The minimum Gasteiger partial charge on any atom is -0.430 e. The molecule has 3 aromatic carbocycles. The molecular formula is C21H17NO2. The van der Waals surface area contributed by atoms with Gasteiger partial charge in [0, 0.05) is 11.1 Å². The average molecular weight is 315 g/mol. The Hall–Kier alpha value is -3.07. The number of hydrogen-bond donors (Lipinski definition) is 1. The minimum absolute atomic E-state index is 0.295. The van der Waals surface area contributed by atoms with Crippen molar-refractivity contribution >= 4 is 6.09 Å². The molecule has 1 aliphatic rings. The number of benzene rings is 3. The number of alkyl carbamates (subject to hydrolysis) is 1. The third-order valence-electron chi connectivity index (χ3n) is 4.46. The summed E-state index contributed by atoms with van der Waals surface area (Å²) < 4.78 is 5.94. The van der Waals surface area contributed by atoms with Crippen molar-refractivity contribution in [3.05, 3.63) is 108 Å². The molecular weight excluding hydrogens is 298 g/mol. The fraction of sp³-hybridized carbons (Fsp3) is 0.0952. The summed E-state index contributed by atoms with van der Waals surface area (Å²) in [5.74, 6) is 0. The molecule has 1 aliphatic heterocycles. The van der Waals surface area contributed by atoms with Gasteiger partial charge < -0.3 is 10.1 Å². The van der Waals surface area contributed by atoms with Gasteiger partial charge in [-0.1, -0.05) is 91.0 Å². The van der Waals surface area contributed by atoms with Crippen LogP contribution in [-0.2, 0) is 10.3 Å². The van der Waals surface area contributed by atoms with Crippen LogP contribution in [0.25, 0.3) is 0 Å². The second-order valence-corrected chi connectivity index (χ2v) is 5.85. The van der Waals surface area contributed by atoms with Crippen LogP contribution in [0.1, 0.15) is 22.7 Å². The van der Waals surface area contributed by atoms with Gasteiger partial charge in [0.2, 0.25) is 0 Å². The zero-order chi connectivity index (χ0) is 16.4. The van der Waals surface area contributed by atoms with Crippen LogP contribution in [0.3, 0.4) is 0 Å². The van der Waals surface area contributed by atoms with Crippen LogP contribution in [-0.4, -0.2) is 6.09 Å². The Labute approximate surface area is 140 Å². The minimum atomic E-state index is -0.888. The quantitative estimate of drug-likeness (QED) is 0.777. The van der Waals surface area contributed by atoms with Crippen molar-refractivity contribution in [1.29, 1.82) is 0 Å². The van der Waals surface area contributed by atoms with E-state index in [0.29, 0.717) is 0 Å². The highest BCUT2D eigenvalue weighted by Gasteiger charge is 2.52. The summed E-state index contributed by atoms with van der Waals surface area (Å²) in [7, 11) is 0. The zero-order valence-corrected chi connectivity index (χ0v) is 13.1. The van der Waals surface area contributed by atoms with Gasteiger partial charge in [-0.3, -0.25) is 0 Å². The number of rotatable bonds is 3. The number of carbonyl (C=O) groups is 1. The molecule has 1 heterocycles. The average Bonchev–Trinajstić information content (AvgIpc) is 3.02. The Morgan fingerprint density at radius 3 is 1.67 bits per heavy atom. The summed E-state index contributed by atoms with van der Waals surface area (Å²) >= 11 is 0. The normalized spacial score (nSPS) is 18.7. The van der Waals surface area contributed by atoms with E-state index in [1.54, 1.807) is 0 Å².